The van der Waals surface area contributed by atoms with Crippen LogP contribution in [0.15, 0.2) is 48.5 Å². The molecule has 0 aromatic heterocycles. The van der Waals surface area contributed by atoms with Gasteiger partial charge in [0.1, 0.15) is 12.4 Å². The van der Waals surface area contributed by atoms with Crippen molar-refractivity contribution in [2.45, 2.75) is 25.8 Å². The number of amides is 2. The lowest BCUT2D eigenvalue weighted by molar-refractivity contribution is -0.144. The summed E-state index contributed by atoms with van der Waals surface area (Å²) in [4.78, 5) is 38.9. The van der Waals surface area contributed by atoms with E-state index in [-0.39, 0.29) is 31.3 Å². The minimum Gasteiger partial charge on any atom is -0.480 e. The maximum Gasteiger partial charge on any atom is 0.323 e. The van der Waals surface area contributed by atoms with Gasteiger partial charge in [-0.2, -0.15) is 0 Å². The van der Waals surface area contributed by atoms with Crippen LogP contribution in [0, 0.1) is 5.82 Å². The SMILES string of the molecule is O=C(O)CN(Cc1ccc(F)cc1)C(=O)CCN1C(=O)CCc2ccccc21. The van der Waals surface area contributed by atoms with Gasteiger partial charge in [-0.25, -0.2) is 4.39 Å². The molecule has 0 atom stereocenters. The van der Waals surface area contributed by atoms with Crippen molar-refractivity contribution in [3.63, 3.8) is 0 Å². The number of fused-ring (bicyclic) bond motifs is 1. The average molecular weight is 384 g/mol. The van der Waals surface area contributed by atoms with Crippen molar-refractivity contribution in [2.75, 3.05) is 18.0 Å². The van der Waals surface area contributed by atoms with E-state index in [0.717, 1.165) is 11.3 Å². The van der Waals surface area contributed by atoms with Crippen LogP contribution in [0.25, 0.3) is 0 Å². The molecule has 3 rings (SSSR count). The molecule has 2 amide bonds. The van der Waals surface area contributed by atoms with Crippen molar-refractivity contribution in [3.8, 4) is 0 Å². The van der Waals surface area contributed by atoms with E-state index >= 15 is 0 Å². The standard InChI is InChI=1S/C21H21FN2O4/c22-17-8-5-15(6-9-17)13-23(14-21(27)28)19(25)11-12-24-18-4-2-1-3-16(18)7-10-20(24)26/h1-6,8-9H,7,10-14H2,(H,27,28). The van der Waals surface area contributed by atoms with Gasteiger partial charge in [0, 0.05) is 31.6 Å². The molecular weight excluding hydrogens is 363 g/mol. The summed E-state index contributed by atoms with van der Waals surface area (Å²) in [5, 5.41) is 9.13. The molecule has 28 heavy (non-hydrogen) atoms. The van der Waals surface area contributed by atoms with Crippen LogP contribution >= 0.6 is 0 Å². The molecule has 0 saturated heterocycles. The van der Waals surface area contributed by atoms with Crippen LogP contribution in [0.4, 0.5) is 10.1 Å². The number of carboxylic acids is 1. The largest absolute Gasteiger partial charge is 0.480 e. The van der Waals surface area contributed by atoms with E-state index in [1.807, 2.05) is 24.3 Å². The molecule has 1 N–H and O–H groups in total. The first-order chi connectivity index (χ1) is 13.4. The maximum absolute atomic E-state index is 13.1. The first kappa shape index (κ1) is 19.5. The van der Waals surface area contributed by atoms with Gasteiger partial charge in [0.25, 0.3) is 0 Å². The summed E-state index contributed by atoms with van der Waals surface area (Å²) in [6.45, 7) is -0.203. The Balaban J connectivity index is 1.69. The fourth-order valence-electron chi connectivity index (χ4n) is 3.31. The number of rotatable bonds is 7. The van der Waals surface area contributed by atoms with Gasteiger partial charge in [-0.3, -0.25) is 14.4 Å². The molecule has 1 heterocycles. The normalized spacial score (nSPS) is 13.2. The van der Waals surface area contributed by atoms with Gasteiger partial charge < -0.3 is 14.9 Å². The number of anilines is 1. The summed E-state index contributed by atoms with van der Waals surface area (Å²) in [7, 11) is 0. The average Bonchev–Trinajstić information content (AvgIpc) is 2.68. The molecule has 0 bridgehead atoms. The quantitative estimate of drug-likeness (QED) is 0.796. The van der Waals surface area contributed by atoms with Crippen LogP contribution < -0.4 is 4.90 Å². The van der Waals surface area contributed by atoms with E-state index in [4.69, 9.17) is 5.11 Å². The van der Waals surface area contributed by atoms with Crippen molar-refractivity contribution in [1.29, 1.82) is 0 Å². The summed E-state index contributed by atoms with van der Waals surface area (Å²) in [6.07, 6.45) is 1.07. The molecule has 0 saturated carbocycles. The fraction of sp³-hybridized carbons (Fsp3) is 0.286. The number of hydrogen-bond acceptors (Lipinski definition) is 3. The van der Waals surface area contributed by atoms with Crippen LogP contribution in [-0.2, 0) is 27.3 Å². The van der Waals surface area contributed by atoms with Crippen molar-refractivity contribution >= 4 is 23.5 Å². The van der Waals surface area contributed by atoms with Gasteiger partial charge in [0.05, 0.1) is 0 Å². The van der Waals surface area contributed by atoms with Crippen LogP contribution in [0.1, 0.15) is 24.0 Å². The monoisotopic (exact) mass is 384 g/mol. The summed E-state index contributed by atoms with van der Waals surface area (Å²) in [5.41, 5.74) is 2.49. The highest BCUT2D eigenvalue weighted by Crippen LogP contribution is 2.27. The Kier molecular flexibility index (Phi) is 6.03. The van der Waals surface area contributed by atoms with Gasteiger partial charge in [-0.05, 0) is 35.7 Å². The Morgan fingerprint density at radius 3 is 2.50 bits per heavy atom. The molecule has 1 aliphatic rings. The van der Waals surface area contributed by atoms with Gasteiger partial charge in [-0.1, -0.05) is 30.3 Å². The van der Waals surface area contributed by atoms with Crippen molar-refractivity contribution in [2.24, 2.45) is 0 Å². The van der Waals surface area contributed by atoms with Gasteiger partial charge in [-0.15, -0.1) is 0 Å². The molecular formula is C21H21FN2O4. The highest BCUT2D eigenvalue weighted by atomic mass is 19.1. The number of aryl methyl sites for hydroxylation is 1. The van der Waals surface area contributed by atoms with Crippen LogP contribution in [-0.4, -0.2) is 40.9 Å². The van der Waals surface area contributed by atoms with Crippen LogP contribution in [0.2, 0.25) is 0 Å². The van der Waals surface area contributed by atoms with Crippen LogP contribution in [0.3, 0.4) is 0 Å². The van der Waals surface area contributed by atoms with Crippen molar-refractivity contribution in [3.05, 3.63) is 65.5 Å². The molecule has 2 aromatic carbocycles. The Hall–Kier alpha value is -3.22. The molecule has 6 nitrogen and oxygen atoms in total. The van der Waals surface area contributed by atoms with Gasteiger partial charge >= 0.3 is 5.97 Å². The second-order valence-corrected chi connectivity index (χ2v) is 6.69. The number of halogens is 1. The summed E-state index contributed by atoms with van der Waals surface area (Å²) >= 11 is 0. The number of para-hydroxylation sites is 1. The Bertz CT molecular complexity index is 882. The third-order valence-corrected chi connectivity index (χ3v) is 4.71. The van der Waals surface area contributed by atoms with E-state index < -0.39 is 18.3 Å². The van der Waals surface area contributed by atoms with E-state index in [0.29, 0.717) is 18.4 Å². The highest BCUT2D eigenvalue weighted by molar-refractivity contribution is 5.97. The highest BCUT2D eigenvalue weighted by Gasteiger charge is 2.25. The zero-order chi connectivity index (χ0) is 20.1. The number of nitrogens with zero attached hydrogens (tertiary/aromatic N) is 2. The molecule has 7 heteroatoms. The molecule has 0 spiro atoms. The molecule has 2 aromatic rings. The number of carboxylic acid groups (broad SMARTS) is 1. The van der Waals surface area contributed by atoms with Crippen molar-refractivity contribution < 1.29 is 23.9 Å². The third-order valence-electron chi connectivity index (χ3n) is 4.71. The van der Waals surface area contributed by atoms with Gasteiger partial charge in [0.2, 0.25) is 11.8 Å². The molecule has 0 unspecified atom stereocenters. The number of carbonyl (C=O) groups excluding carboxylic acids is 2. The van der Waals surface area contributed by atoms with E-state index in [2.05, 4.69) is 0 Å². The second-order valence-electron chi connectivity index (χ2n) is 6.69. The molecule has 0 fully saturated rings. The lowest BCUT2D eigenvalue weighted by Crippen LogP contribution is -2.40. The molecule has 0 radical (unpaired) electrons. The predicted octanol–water partition coefficient (Wildman–Crippen LogP) is 2.61. The molecule has 146 valence electrons. The van der Waals surface area contributed by atoms with E-state index in [1.165, 1.54) is 29.2 Å². The molecule has 0 aliphatic carbocycles. The fourth-order valence-corrected chi connectivity index (χ4v) is 3.31. The Morgan fingerprint density at radius 1 is 1.07 bits per heavy atom. The zero-order valence-electron chi connectivity index (χ0n) is 15.3. The van der Waals surface area contributed by atoms with E-state index in [1.54, 1.807) is 4.90 Å². The summed E-state index contributed by atoms with van der Waals surface area (Å²) in [6, 6.07) is 13.1. The Morgan fingerprint density at radius 2 is 1.79 bits per heavy atom. The van der Waals surface area contributed by atoms with Crippen molar-refractivity contribution in [1.82, 2.24) is 4.90 Å². The van der Waals surface area contributed by atoms with Crippen LogP contribution in [0.5, 0.6) is 0 Å². The zero-order valence-corrected chi connectivity index (χ0v) is 15.3. The lowest BCUT2D eigenvalue weighted by atomic mass is 10.0. The third kappa shape index (κ3) is 4.73. The maximum atomic E-state index is 13.1. The van der Waals surface area contributed by atoms with Gasteiger partial charge in [0.15, 0.2) is 0 Å². The second kappa shape index (κ2) is 8.65. The minimum absolute atomic E-state index is 0.00848. The first-order valence-corrected chi connectivity index (χ1v) is 9.06. The predicted molar refractivity (Wildman–Crippen MR) is 101 cm³/mol. The lowest BCUT2D eigenvalue weighted by Gasteiger charge is -2.30. The van der Waals surface area contributed by atoms with E-state index in [9.17, 15) is 18.8 Å². The Labute approximate surface area is 162 Å². The number of aliphatic carboxylic acids is 1. The smallest absolute Gasteiger partial charge is 0.323 e. The number of hydrogen-bond donors (Lipinski definition) is 1. The first-order valence-electron chi connectivity index (χ1n) is 9.06. The topological polar surface area (TPSA) is 77.9 Å². The number of carbonyl (C=O) groups is 3. The summed E-state index contributed by atoms with van der Waals surface area (Å²) in [5.74, 6) is -1.95. The number of benzene rings is 2. The summed E-state index contributed by atoms with van der Waals surface area (Å²) < 4.78 is 13.1. The minimum atomic E-state index is -1.13. The molecule has 1 aliphatic heterocycles.